The lowest BCUT2D eigenvalue weighted by atomic mass is 9.63. The molecule has 4 N–H and O–H groups in total. The van der Waals surface area contributed by atoms with E-state index in [1.807, 2.05) is 24.3 Å². The molecule has 180 valence electrons. The Kier molecular flexibility index (Phi) is 5.55. The van der Waals surface area contributed by atoms with Gasteiger partial charge in [0, 0.05) is 5.54 Å². The number of benzene rings is 2. The third kappa shape index (κ3) is 4.61. The van der Waals surface area contributed by atoms with Crippen molar-refractivity contribution in [1.82, 2.24) is 20.6 Å². The second-order valence-corrected chi connectivity index (χ2v) is 9.69. The van der Waals surface area contributed by atoms with Crippen LogP contribution in [0.15, 0.2) is 48.5 Å². The maximum Gasteiger partial charge on any atom is 0.416 e. The first-order chi connectivity index (χ1) is 16.1. The quantitative estimate of drug-likeness (QED) is 0.421. The number of nitrogens with one attached hydrogen (secondary N) is 3. The molecule has 0 unspecified atom stereocenters. The summed E-state index contributed by atoms with van der Waals surface area (Å²) in [6.07, 6.45) is 0.0727. The molecule has 3 aliphatic rings. The highest BCUT2D eigenvalue weighted by atomic mass is 19.4. The number of alkyl halides is 3. The van der Waals surface area contributed by atoms with Gasteiger partial charge in [-0.25, -0.2) is 9.78 Å². The molecule has 34 heavy (non-hydrogen) atoms. The van der Waals surface area contributed by atoms with E-state index in [0.29, 0.717) is 30.7 Å². The zero-order valence-electron chi connectivity index (χ0n) is 18.6. The molecule has 1 aromatic heterocycles. The van der Waals surface area contributed by atoms with Gasteiger partial charge in [-0.1, -0.05) is 24.3 Å². The van der Waals surface area contributed by atoms with Gasteiger partial charge in [0.05, 0.1) is 28.2 Å². The standard InChI is InChI=1S/C25H27F3N4O2/c26-25(27,28)17-7-5-16(6-8-17)15-20(21-29-18-3-1-2-4-19(18)30-21)31-22(33)32-23-9-12-24(34,13-10-23)14-11-23/h1-8,20,34H,9-15H2,(H,29,30)(H2,31,32,33)/t20-,23?,24?/m1/s1. The van der Waals surface area contributed by atoms with Gasteiger partial charge in [0.25, 0.3) is 0 Å². The number of rotatable bonds is 5. The first-order valence-corrected chi connectivity index (χ1v) is 11.6. The molecule has 0 spiro atoms. The Labute approximate surface area is 195 Å². The molecule has 3 aliphatic carbocycles. The summed E-state index contributed by atoms with van der Waals surface area (Å²) in [7, 11) is 0. The van der Waals surface area contributed by atoms with Crippen molar-refractivity contribution in [3.05, 3.63) is 65.5 Å². The average molecular weight is 473 g/mol. The Morgan fingerprint density at radius 1 is 1.03 bits per heavy atom. The molecule has 2 aromatic carbocycles. The fourth-order valence-corrected chi connectivity index (χ4v) is 5.21. The van der Waals surface area contributed by atoms with Crippen LogP contribution < -0.4 is 10.6 Å². The number of H-pyrrole nitrogens is 1. The predicted molar refractivity (Wildman–Crippen MR) is 121 cm³/mol. The summed E-state index contributed by atoms with van der Waals surface area (Å²) >= 11 is 0. The zero-order chi connectivity index (χ0) is 24.0. The van der Waals surface area contributed by atoms with Crippen molar-refractivity contribution >= 4 is 17.1 Å². The summed E-state index contributed by atoms with van der Waals surface area (Å²) in [6.45, 7) is 0. The molecule has 9 heteroatoms. The molecule has 3 saturated carbocycles. The van der Waals surface area contributed by atoms with Gasteiger partial charge in [0.15, 0.2) is 0 Å². The first kappa shape index (κ1) is 22.7. The lowest BCUT2D eigenvalue weighted by molar-refractivity contribution is -0.137. The van der Waals surface area contributed by atoms with Crippen LogP contribution in [0.2, 0.25) is 0 Å². The first-order valence-electron chi connectivity index (χ1n) is 11.6. The Morgan fingerprint density at radius 3 is 2.29 bits per heavy atom. The maximum absolute atomic E-state index is 13.1. The monoisotopic (exact) mass is 472 g/mol. The van der Waals surface area contributed by atoms with Gasteiger partial charge in [-0.05, 0) is 74.8 Å². The number of halogens is 3. The van der Waals surface area contributed by atoms with E-state index in [0.717, 1.165) is 42.4 Å². The van der Waals surface area contributed by atoms with Gasteiger partial charge in [0.2, 0.25) is 0 Å². The third-order valence-corrected chi connectivity index (χ3v) is 7.35. The minimum absolute atomic E-state index is 0.276. The molecule has 1 heterocycles. The topological polar surface area (TPSA) is 90.0 Å². The number of imidazole rings is 1. The summed E-state index contributed by atoms with van der Waals surface area (Å²) < 4.78 is 38.9. The second-order valence-electron chi connectivity index (χ2n) is 9.69. The van der Waals surface area contributed by atoms with Crippen molar-refractivity contribution in [2.24, 2.45) is 0 Å². The summed E-state index contributed by atoms with van der Waals surface area (Å²) in [5.41, 5.74) is 0.568. The van der Waals surface area contributed by atoms with Crippen molar-refractivity contribution in [3.8, 4) is 0 Å². The fourth-order valence-electron chi connectivity index (χ4n) is 5.21. The van der Waals surface area contributed by atoms with Crippen LogP contribution in [0.25, 0.3) is 11.0 Å². The summed E-state index contributed by atoms with van der Waals surface area (Å²) in [4.78, 5) is 20.9. The van der Waals surface area contributed by atoms with Crippen molar-refractivity contribution in [1.29, 1.82) is 0 Å². The van der Waals surface area contributed by atoms with E-state index in [1.54, 1.807) is 0 Å². The van der Waals surface area contributed by atoms with Crippen LogP contribution in [0.5, 0.6) is 0 Å². The number of aromatic amines is 1. The minimum atomic E-state index is -4.40. The maximum atomic E-state index is 13.1. The summed E-state index contributed by atoms with van der Waals surface area (Å²) in [6, 6.07) is 11.5. The molecule has 3 fully saturated rings. The van der Waals surface area contributed by atoms with E-state index >= 15 is 0 Å². The Balaban J connectivity index is 1.36. The van der Waals surface area contributed by atoms with Crippen LogP contribution in [0, 0.1) is 0 Å². The molecular weight excluding hydrogens is 445 g/mol. The van der Waals surface area contributed by atoms with Crippen molar-refractivity contribution in [2.45, 2.75) is 68.3 Å². The molecule has 3 aromatic rings. The van der Waals surface area contributed by atoms with E-state index in [1.165, 1.54) is 12.1 Å². The number of carbonyl (C=O) groups excluding carboxylic acids is 1. The largest absolute Gasteiger partial charge is 0.416 e. The smallest absolute Gasteiger partial charge is 0.390 e. The van der Waals surface area contributed by atoms with Crippen LogP contribution in [0.3, 0.4) is 0 Å². The van der Waals surface area contributed by atoms with Crippen LogP contribution in [0.4, 0.5) is 18.0 Å². The van der Waals surface area contributed by atoms with Gasteiger partial charge < -0.3 is 20.7 Å². The van der Waals surface area contributed by atoms with E-state index in [4.69, 9.17) is 0 Å². The number of carbonyl (C=O) groups is 1. The average Bonchev–Trinajstić information content (AvgIpc) is 3.24. The lowest BCUT2D eigenvalue weighted by Crippen LogP contribution is -2.60. The highest BCUT2D eigenvalue weighted by Crippen LogP contribution is 2.46. The van der Waals surface area contributed by atoms with E-state index in [-0.39, 0.29) is 18.0 Å². The van der Waals surface area contributed by atoms with Gasteiger partial charge in [-0.2, -0.15) is 13.2 Å². The SMILES string of the molecule is O=C(N[C@H](Cc1ccc(C(F)(F)F)cc1)c1nc2ccccc2[nH]1)NC12CCC(O)(CC1)CC2. The van der Waals surface area contributed by atoms with Gasteiger partial charge in [-0.15, -0.1) is 0 Å². The van der Waals surface area contributed by atoms with Crippen molar-refractivity contribution in [2.75, 3.05) is 0 Å². The van der Waals surface area contributed by atoms with Crippen LogP contribution in [0.1, 0.15) is 61.5 Å². The molecule has 6 nitrogen and oxygen atoms in total. The molecule has 0 radical (unpaired) electrons. The molecule has 0 aliphatic heterocycles. The fraction of sp³-hybridized carbons (Fsp3) is 0.440. The second kappa shape index (κ2) is 8.30. The molecule has 2 amide bonds. The number of hydrogen-bond acceptors (Lipinski definition) is 3. The number of amides is 2. The van der Waals surface area contributed by atoms with E-state index in [9.17, 15) is 23.1 Å². The molecule has 0 saturated heterocycles. The number of aromatic nitrogens is 2. The third-order valence-electron chi connectivity index (χ3n) is 7.35. The van der Waals surface area contributed by atoms with Gasteiger partial charge in [0.1, 0.15) is 5.82 Å². The summed E-state index contributed by atoms with van der Waals surface area (Å²) in [5, 5.41) is 16.6. The van der Waals surface area contributed by atoms with E-state index in [2.05, 4.69) is 20.6 Å². The molecule has 6 rings (SSSR count). The van der Waals surface area contributed by atoms with Gasteiger partial charge >= 0.3 is 12.2 Å². The van der Waals surface area contributed by atoms with Gasteiger partial charge in [-0.3, -0.25) is 0 Å². The zero-order valence-corrected chi connectivity index (χ0v) is 18.6. The van der Waals surface area contributed by atoms with Crippen molar-refractivity contribution in [3.63, 3.8) is 0 Å². The highest BCUT2D eigenvalue weighted by Gasteiger charge is 2.48. The van der Waals surface area contributed by atoms with Crippen molar-refractivity contribution < 1.29 is 23.1 Å². The Bertz CT molecular complexity index is 1130. The molecular formula is C25H27F3N4O2. The molecule has 1 atom stereocenters. The predicted octanol–water partition coefficient (Wildman–Crippen LogP) is 5.00. The Morgan fingerprint density at radius 2 is 1.68 bits per heavy atom. The number of para-hydroxylation sites is 2. The number of aliphatic hydroxyl groups is 1. The number of nitrogens with zero attached hydrogens (tertiary/aromatic N) is 1. The van der Waals surface area contributed by atoms with Crippen LogP contribution in [-0.4, -0.2) is 32.2 Å². The Hall–Kier alpha value is -3.07. The number of fused-ring (bicyclic) bond motifs is 4. The minimum Gasteiger partial charge on any atom is -0.390 e. The normalized spacial score (nSPS) is 25.3. The number of hydrogen-bond donors (Lipinski definition) is 4. The lowest BCUT2D eigenvalue weighted by Gasteiger charge is -2.51. The summed E-state index contributed by atoms with van der Waals surface area (Å²) in [5.74, 6) is 0.537. The van der Waals surface area contributed by atoms with Crippen LogP contribution >= 0.6 is 0 Å². The molecule has 2 bridgehead atoms. The van der Waals surface area contributed by atoms with Crippen LogP contribution in [-0.2, 0) is 12.6 Å². The highest BCUT2D eigenvalue weighted by molar-refractivity contribution is 5.77. The number of urea groups is 1. The van der Waals surface area contributed by atoms with E-state index < -0.39 is 23.4 Å².